The molecule has 0 fully saturated rings. The third kappa shape index (κ3) is 6.48. The van der Waals surface area contributed by atoms with Crippen molar-refractivity contribution in [2.45, 2.75) is 39.5 Å². The van der Waals surface area contributed by atoms with Gasteiger partial charge in [-0.3, -0.25) is 9.10 Å². The molecule has 0 aliphatic heterocycles. The average Bonchev–Trinajstić information content (AvgIpc) is 2.76. The van der Waals surface area contributed by atoms with Crippen molar-refractivity contribution in [1.29, 1.82) is 0 Å². The Morgan fingerprint density at radius 3 is 2.26 bits per heavy atom. The van der Waals surface area contributed by atoms with Gasteiger partial charge in [-0.2, -0.15) is 4.98 Å². The highest BCUT2D eigenvalue weighted by Gasteiger charge is 2.30. The summed E-state index contributed by atoms with van der Waals surface area (Å²) in [5, 5.41) is 15.8. The quantitative estimate of drug-likeness (QED) is 0.374. The fraction of sp³-hybridized carbons (Fsp3) is 0.320. The van der Waals surface area contributed by atoms with Crippen LogP contribution in [0.3, 0.4) is 0 Å². The lowest BCUT2D eigenvalue weighted by Gasteiger charge is -2.25. The normalized spacial score (nSPS) is 11.4. The van der Waals surface area contributed by atoms with Crippen LogP contribution >= 0.6 is 0 Å². The van der Waals surface area contributed by atoms with Gasteiger partial charge < -0.3 is 15.7 Å². The van der Waals surface area contributed by atoms with Crippen molar-refractivity contribution in [3.8, 4) is 0 Å². The second-order valence-electron chi connectivity index (χ2n) is 8.85. The van der Waals surface area contributed by atoms with Gasteiger partial charge in [-0.15, -0.1) is 0 Å². The minimum Gasteiger partial charge on any atom is -0.480 e. The molecular formula is C25H31N5O4S. The van der Waals surface area contributed by atoms with Crippen LogP contribution in [0.1, 0.15) is 30.5 Å². The second-order valence-corrected chi connectivity index (χ2v) is 10.6. The average molecular weight is 498 g/mol. The highest BCUT2D eigenvalue weighted by atomic mass is 32.2. The molecule has 0 aliphatic rings. The number of nitrogens with zero attached hydrogens (tertiary/aromatic N) is 3. The molecule has 2 aromatic carbocycles. The van der Waals surface area contributed by atoms with Crippen LogP contribution < -0.4 is 14.9 Å². The van der Waals surface area contributed by atoms with Gasteiger partial charge in [-0.25, -0.2) is 13.4 Å². The van der Waals surface area contributed by atoms with E-state index in [1.165, 1.54) is 0 Å². The SMILES string of the molecule is Cc1cc(C)c(S(=O)(=O)N(CC(=O)O)c2ccc(Nc3ccnc(NCC(C)C)n3)cc2)c(C)c1. The van der Waals surface area contributed by atoms with E-state index in [1.807, 2.05) is 6.92 Å². The first-order valence-electron chi connectivity index (χ1n) is 11.2. The number of aliphatic carboxylic acids is 1. The maximum atomic E-state index is 13.6. The summed E-state index contributed by atoms with van der Waals surface area (Å²) < 4.78 is 28.1. The van der Waals surface area contributed by atoms with Crippen molar-refractivity contribution in [3.05, 3.63) is 65.4 Å². The van der Waals surface area contributed by atoms with Gasteiger partial charge in [0, 0.05) is 18.4 Å². The van der Waals surface area contributed by atoms with E-state index >= 15 is 0 Å². The van der Waals surface area contributed by atoms with Crippen LogP contribution in [-0.2, 0) is 14.8 Å². The number of aromatic nitrogens is 2. The Morgan fingerprint density at radius 1 is 1.06 bits per heavy atom. The van der Waals surface area contributed by atoms with E-state index in [1.54, 1.807) is 62.5 Å². The monoisotopic (exact) mass is 497 g/mol. The molecule has 10 heteroatoms. The largest absolute Gasteiger partial charge is 0.480 e. The Balaban J connectivity index is 1.89. The van der Waals surface area contributed by atoms with Crippen LogP contribution in [0.4, 0.5) is 23.1 Å². The smallest absolute Gasteiger partial charge is 0.324 e. The lowest BCUT2D eigenvalue weighted by molar-refractivity contribution is -0.135. The Kier molecular flexibility index (Phi) is 7.96. The molecule has 3 N–H and O–H groups in total. The topological polar surface area (TPSA) is 125 Å². The zero-order valence-corrected chi connectivity index (χ0v) is 21.3. The molecule has 186 valence electrons. The van der Waals surface area contributed by atoms with Gasteiger partial charge in [0.2, 0.25) is 5.95 Å². The number of anilines is 4. The summed E-state index contributed by atoms with van der Waals surface area (Å²) >= 11 is 0. The highest BCUT2D eigenvalue weighted by molar-refractivity contribution is 7.93. The molecule has 0 atom stereocenters. The van der Waals surface area contributed by atoms with E-state index in [9.17, 15) is 18.3 Å². The van der Waals surface area contributed by atoms with Crippen LogP contribution in [0, 0.1) is 26.7 Å². The standard InChI is InChI=1S/C25H31N5O4S/c1-16(2)14-27-25-26-11-10-22(29-25)28-20-6-8-21(9-7-20)30(15-23(31)32)35(33,34)24-18(4)12-17(3)13-19(24)5/h6-13,16H,14-15H2,1-5H3,(H,31,32)(H2,26,27,28,29). The molecule has 9 nitrogen and oxygen atoms in total. The van der Waals surface area contributed by atoms with Crippen LogP contribution in [0.25, 0.3) is 0 Å². The van der Waals surface area contributed by atoms with Crippen LogP contribution in [0.2, 0.25) is 0 Å². The number of rotatable bonds is 10. The maximum Gasteiger partial charge on any atom is 0.324 e. The zero-order chi connectivity index (χ0) is 25.8. The molecule has 0 saturated heterocycles. The lowest BCUT2D eigenvalue weighted by atomic mass is 10.1. The summed E-state index contributed by atoms with van der Waals surface area (Å²) in [6, 6.07) is 11.8. The predicted octanol–water partition coefficient (Wildman–Crippen LogP) is 4.49. The Labute approximate surface area is 206 Å². The molecule has 0 saturated carbocycles. The van der Waals surface area contributed by atoms with E-state index < -0.39 is 22.5 Å². The number of carboxylic acids is 1. The van der Waals surface area contributed by atoms with Crippen LogP contribution in [0.5, 0.6) is 0 Å². The molecule has 1 heterocycles. The number of hydrogen-bond acceptors (Lipinski definition) is 7. The minimum absolute atomic E-state index is 0.119. The Morgan fingerprint density at radius 2 is 1.69 bits per heavy atom. The molecule has 3 rings (SSSR count). The Hall–Kier alpha value is -3.66. The van der Waals surface area contributed by atoms with Crippen molar-refractivity contribution in [2.24, 2.45) is 5.92 Å². The first kappa shape index (κ1) is 26.0. The lowest BCUT2D eigenvalue weighted by Crippen LogP contribution is -2.36. The van der Waals surface area contributed by atoms with E-state index in [0.717, 1.165) is 16.4 Å². The number of carbonyl (C=O) groups is 1. The number of nitrogens with one attached hydrogen (secondary N) is 2. The number of benzene rings is 2. The first-order chi connectivity index (χ1) is 16.5. The summed E-state index contributed by atoms with van der Waals surface area (Å²) in [6.07, 6.45) is 1.64. The molecule has 0 radical (unpaired) electrons. The molecule has 0 spiro atoms. The van der Waals surface area contributed by atoms with E-state index in [0.29, 0.717) is 34.5 Å². The minimum atomic E-state index is -4.11. The molecule has 0 aliphatic carbocycles. The van der Waals surface area contributed by atoms with Gasteiger partial charge in [-0.1, -0.05) is 31.5 Å². The highest BCUT2D eigenvalue weighted by Crippen LogP contribution is 2.30. The molecule has 0 unspecified atom stereocenters. The van der Waals surface area contributed by atoms with Gasteiger partial charge in [0.25, 0.3) is 10.0 Å². The van der Waals surface area contributed by atoms with Gasteiger partial charge >= 0.3 is 5.97 Å². The van der Waals surface area contributed by atoms with Crippen LogP contribution in [0.15, 0.2) is 53.6 Å². The molecular weight excluding hydrogens is 466 g/mol. The number of hydrogen-bond donors (Lipinski definition) is 3. The summed E-state index contributed by atoms with van der Waals surface area (Å²) in [5.74, 6) is 0.267. The van der Waals surface area contributed by atoms with Gasteiger partial charge in [-0.05, 0) is 68.1 Å². The molecule has 1 aromatic heterocycles. The third-order valence-electron chi connectivity index (χ3n) is 5.18. The van der Waals surface area contributed by atoms with E-state index in [4.69, 9.17) is 0 Å². The maximum absolute atomic E-state index is 13.6. The van der Waals surface area contributed by atoms with E-state index in [-0.39, 0.29) is 10.6 Å². The van der Waals surface area contributed by atoms with Gasteiger partial charge in [0.05, 0.1) is 10.6 Å². The predicted molar refractivity (Wildman–Crippen MR) is 138 cm³/mol. The van der Waals surface area contributed by atoms with Gasteiger partial charge in [0.1, 0.15) is 12.4 Å². The number of sulfonamides is 1. The second kappa shape index (κ2) is 10.7. The number of carboxylic acid groups (broad SMARTS) is 1. The molecule has 0 bridgehead atoms. The summed E-state index contributed by atoms with van der Waals surface area (Å²) in [6.45, 7) is 9.54. The zero-order valence-electron chi connectivity index (χ0n) is 20.5. The fourth-order valence-electron chi connectivity index (χ4n) is 3.79. The van der Waals surface area contributed by atoms with Crippen molar-refractivity contribution >= 4 is 39.1 Å². The number of aryl methyl sites for hydroxylation is 3. The van der Waals surface area contributed by atoms with Gasteiger partial charge in [0.15, 0.2) is 0 Å². The van der Waals surface area contributed by atoms with Crippen LogP contribution in [-0.4, -0.2) is 42.6 Å². The molecule has 35 heavy (non-hydrogen) atoms. The molecule has 0 amide bonds. The molecule has 3 aromatic rings. The van der Waals surface area contributed by atoms with Crippen molar-refractivity contribution in [3.63, 3.8) is 0 Å². The Bertz CT molecular complexity index is 1280. The third-order valence-corrected chi connectivity index (χ3v) is 7.26. The summed E-state index contributed by atoms with van der Waals surface area (Å²) in [4.78, 5) is 20.3. The van der Waals surface area contributed by atoms with Crippen molar-refractivity contribution in [2.75, 3.05) is 28.0 Å². The first-order valence-corrected chi connectivity index (χ1v) is 12.7. The fourth-order valence-corrected chi connectivity index (χ4v) is 5.62. The summed E-state index contributed by atoms with van der Waals surface area (Å²) in [5.41, 5.74) is 2.99. The summed E-state index contributed by atoms with van der Waals surface area (Å²) in [7, 11) is -4.11. The van der Waals surface area contributed by atoms with E-state index in [2.05, 4.69) is 34.4 Å². The van der Waals surface area contributed by atoms with Crippen molar-refractivity contribution < 1.29 is 18.3 Å². The van der Waals surface area contributed by atoms with Crippen molar-refractivity contribution in [1.82, 2.24) is 9.97 Å².